The number of carbonyl (C=O) groups is 2. The molecule has 0 radical (unpaired) electrons. The maximum Gasteiger partial charge on any atom is 0.322 e. The van der Waals surface area contributed by atoms with Gasteiger partial charge in [0, 0.05) is 6.42 Å². The van der Waals surface area contributed by atoms with Crippen molar-refractivity contribution < 1.29 is 14.7 Å². The zero-order valence-corrected chi connectivity index (χ0v) is 11.5. The van der Waals surface area contributed by atoms with Crippen LogP contribution in [0.1, 0.15) is 31.4 Å². The summed E-state index contributed by atoms with van der Waals surface area (Å²) in [6.45, 7) is 4.05. The molecule has 1 aromatic carbocycles. The predicted octanol–water partition coefficient (Wildman–Crippen LogP) is 2.02. The quantitative estimate of drug-likeness (QED) is 0.791. The first-order valence-corrected chi connectivity index (χ1v) is 6.53. The van der Waals surface area contributed by atoms with E-state index in [9.17, 15) is 9.59 Å². The number of carbonyl (C=O) groups excluding carboxylic acids is 1. The van der Waals surface area contributed by atoms with E-state index in [-0.39, 0.29) is 12.5 Å². The first-order valence-electron chi connectivity index (χ1n) is 6.53. The molecule has 4 nitrogen and oxygen atoms in total. The fourth-order valence-electron chi connectivity index (χ4n) is 1.83. The summed E-state index contributed by atoms with van der Waals surface area (Å²) in [5.74, 6) is -0.618. The van der Waals surface area contributed by atoms with Crippen LogP contribution in [-0.2, 0) is 22.4 Å². The van der Waals surface area contributed by atoms with Crippen molar-refractivity contribution in [2.24, 2.45) is 5.92 Å². The Kier molecular flexibility index (Phi) is 6.06. The molecule has 1 rings (SSSR count). The Morgan fingerprint density at radius 1 is 1.16 bits per heavy atom. The first-order chi connectivity index (χ1) is 8.97. The zero-order chi connectivity index (χ0) is 14.3. The molecule has 0 bridgehead atoms. The van der Waals surface area contributed by atoms with E-state index < -0.39 is 5.97 Å². The van der Waals surface area contributed by atoms with Crippen molar-refractivity contribution in [1.82, 2.24) is 5.32 Å². The molecule has 0 saturated heterocycles. The molecule has 2 N–H and O–H groups in total. The van der Waals surface area contributed by atoms with Gasteiger partial charge in [-0.3, -0.25) is 9.59 Å². The van der Waals surface area contributed by atoms with Gasteiger partial charge in [0.25, 0.3) is 0 Å². The van der Waals surface area contributed by atoms with Crippen molar-refractivity contribution in [3.05, 3.63) is 35.4 Å². The Balaban J connectivity index is 2.37. The van der Waals surface area contributed by atoms with Gasteiger partial charge in [-0.25, -0.2) is 0 Å². The lowest BCUT2D eigenvalue weighted by Crippen LogP contribution is -2.29. The van der Waals surface area contributed by atoms with Crippen molar-refractivity contribution in [1.29, 1.82) is 0 Å². The summed E-state index contributed by atoms with van der Waals surface area (Å²) in [6, 6.07) is 8.24. The van der Waals surface area contributed by atoms with Crippen LogP contribution in [-0.4, -0.2) is 23.5 Å². The number of aryl methyl sites for hydroxylation is 1. The number of hydrogen-bond acceptors (Lipinski definition) is 2. The Bertz CT molecular complexity index is 424. The number of rotatable bonds is 7. The second kappa shape index (κ2) is 7.56. The number of aliphatic carboxylic acids is 1. The van der Waals surface area contributed by atoms with Crippen molar-refractivity contribution in [2.45, 2.75) is 33.1 Å². The van der Waals surface area contributed by atoms with Gasteiger partial charge in [-0.05, 0) is 29.9 Å². The molecule has 1 amide bonds. The number of carboxylic acids is 1. The van der Waals surface area contributed by atoms with Crippen LogP contribution in [0.3, 0.4) is 0 Å². The maximum absolute atomic E-state index is 11.4. The Hall–Kier alpha value is -1.84. The van der Waals surface area contributed by atoms with Crippen molar-refractivity contribution in [3.63, 3.8) is 0 Å². The van der Waals surface area contributed by atoms with Gasteiger partial charge in [0.15, 0.2) is 0 Å². The molecule has 0 saturated carbocycles. The zero-order valence-electron chi connectivity index (χ0n) is 11.5. The van der Waals surface area contributed by atoms with Gasteiger partial charge in [0.1, 0.15) is 6.54 Å². The molecule has 0 spiro atoms. The van der Waals surface area contributed by atoms with Crippen LogP contribution in [0.5, 0.6) is 0 Å². The molecule has 0 unspecified atom stereocenters. The summed E-state index contributed by atoms with van der Waals surface area (Å²) in [6.07, 6.45) is 2.00. The van der Waals surface area contributed by atoms with Gasteiger partial charge in [0.2, 0.25) is 5.91 Å². The molecule has 0 aromatic heterocycles. The van der Waals surface area contributed by atoms with Gasteiger partial charge >= 0.3 is 5.97 Å². The van der Waals surface area contributed by atoms with E-state index in [0.29, 0.717) is 18.8 Å². The molecule has 0 aliphatic rings. The van der Waals surface area contributed by atoms with Gasteiger partial charge in [0.05, 0.1) is 0 Å². The van der Waals surface area contributed by atoms with E-state index >= 15 is 0 Å². The minimum Gasteiger partial charge on any atom is -0.480 e. The summed E-state index contributed by atoms with van der Waals surface area (Å²) in [7, 11) is 0. The van der Waals surface area contributed by atoms with Gasteiger partial charge in [-0.1, -0.05) is 38.1 Å². The normalized spacial score (nSPS) is 10.5. The van der Waals surface area contributed by atoms with Crippen LogP contribution in [0.4, 0.5) is 0 Å². The second-order valence-corrected chi connectivity index (χ2v) is 5.08. The lowest BCUT2D eigenvalue weighted by molar-refractivity contribution is -0.137. The van der Waals surface area contributed by atoms with Crippen LogP contribution in [0.25, 0.3) is 0 Å². The molecule has 0 aliphatic carbocycles. The minimum atomic E-state index is -1.02. The molecular formula is C15H21NO3. The van der Waals surface area contributed by atoms with Crippen LogP contribution in [0, 0.1) is 5.92 Å². The van der Waals surface area contributed by atoms with E-state index in [1.54, 1.807) is 0 Å². The molecule has 0 heterocycles. The Morgan fingerprint density at radius 2 is 1.74 bits per heavy atom. The fraction of sp³-hybridized carbons (Fsp3) is 0.467. The summed E-state index contributed by atoms with van der Waals surface area (Å²) in [5.41, 5.74) is 2.40. The molecular weight excluding hydrogens is 242 g/mol. The summed E-state index contributed by atoms with van der Waals surface area (Å²) in [5, 5.41) is 10.8. The molecule has 4 heteroatoms. The van der Waals surface area contributed by atoms with Crippen molar-refractivity contribution in [2.75, 3.05) is 6.54 Å². The van der Waals surface area contributed by atoms with E-state index in [1.807, 2.05) is 12.1 Å². The Morgan fingerprint density at radius 3 is 2.26 bits per heavy atom. The SMILES string of the molecule is CC(C)Cc1ccc(CCC(=O)NCC(=O)O)cc1. The highest BCUT2D eigenvalue weighted by molar-refractivity contribution is 5.81. The first kappa shape index (κ1) is 15.2. The molecule has 19 heavy (non-hydrogen) atoms. The predicted molar refractivity (Wildman–Crippen MR) is 74.0 cm³/mol. The highest BCUT2D eigenvalue weighted by Gasteiger charge is 2.04. The highest BCUT2D eigenvalue weighted by Crippen LogP contribution is 2.11. The van der Waals surface area contributed by atoms with Crippen LogP contribution < -0.4 is 5.32 Å². The van der Waals surface area contributed by atoms with Gasteiger partial charge < -0.3 is 10.4 Å². The lowest BCUT2D eigenvalue weighted by atomic mass is 10.0. The Labute approximate surface area is 113 Å². The molecule has 104 valence electrons. The van der Waals surface area contributed by atoms with E-state index in [4.69, 9.17) is 5.11 Å². The monoisotopic (exact) mass is 263 g/mol. The highest BCUT2D eigenvalue weighted by atomic mass is 16.4. The van der Waals surface area contributed by atoms with E-state index in [1.165, 1.54) is 5.56 Å². The maximum atomic E-state index is 11.4. The van der Waals surface area contributed by atoms with E-state index in [2.05, 4.69) is 31.3 Å². The minimum absolute atomic E-state index is 0.228. The largest absolute Gasteiger partial charge is 0.480 e. The standard InChI is InChI=1S/C15H21NO3/c1-11(2)9-13-5-3-12(4-6-13)7-8-14(17)16-10-15(18)19/h3-6,11H,7-10H2,1-2H3,(H,16,17)(H,18,19). The van der Waals surface area contributed by atoms with E-state index in [0.717, 1.165) is 12.0 Å². The van der Waals surface area contributed by atoms with Crippen LogP contribution >= 0.6 is 0 Å². The van der Waals surface area contributed by atoms with Crippen molar-refractivity contribution in [3.8, 4) is 0 Å². The number of hydrogen-bond donors (Lipinski definition) is 2. The summed E-state index contributed by atoms with van der Waals surface area (Å²) < 4.78 is 0. The van der Waals surface area contributed by atoms with Gasteiger partial charge in [-0.2, -0.15) is 0 Å². The molecule has 0 atom stereocenters. The second-order valence-electron chi connectivity index (χ2n) is 5.08. The number of carboxylic acid groups (broad SMARTS) is 1. The summed E-state index contributed by atoms with van der Waals surface area (Å²) in [4.78, 5) is 21.6. The number of nitrogens with one attached hydrogen (secondary N) is 1. The topological polar surface area (TPSA) is 66.4 Å². The lowest BCUT2D eigenvalue weighted by Gasteiger charge is -2.06. The van der Waals surface area contributed by atoms with Crippen molar-refractivity contribution >= 4 is 11.9 Å². The van der Waals surface area contributed by atoms with Crippen LogP contribution in [0.15, 0.2) is 24.3 Å². The molecule has 1 aromatic rings. The molecule has 0 aliphatic heterocycles. The third-order valence-corrected chi connectivity index (χ3v) is 2.74. The number of amides is 1. The average Bonchev–Trinajstić information content (AvgIpc) is 2.35. The number of benzene rings is 1. The summed E-state index contributed by atoms with van der Waals surface area (Å²) >= 11 is 0. The van der Waals surface area contributed by atoms with Crippen LogP contribution in [0.2, 0.25) is 0 Å². The van der Waals surface area contributed by atoms with Gasteiger partial charge in [-0.15, -0.1) is 0 Å². The molecule has 0 fully saturated rings. The third kappa shape index (κ3) is 6.60. The third-order valence-electron chi connectivity index (χ3n) is 2.74. The fourth-order valence-corrected chi connectivity index (χ4v) is 1.83. The smallest absolute Gasteiger partial charge is 0.322 e. The average molecular weight is 263 g/mol.